The number of anilines is 1. The third-order valence-corrected chi connectivity index (χ3v) is 2.63. The molecule has 0 saturated heterocycles. The van der Waals surface area contributed by atoms with Gasteiger partial charge in [-0.1, -0.05) is 13.3 Å². The van der Waals surface area contributed by atoms with Crippen molar-refractivity contribution < 1.29 is 4.79 Å². The van der Waals surface area contributed by atoms with Crippen LogP contribution in [-0.2, 0) is 0 Å². The Bertz CT molecular complexity index is 350. The van der Waals surface area contributed by atoms with Gasteiger partial charge in [-0.15, -0.1) is 0 Å². The summed E-state index contributed by atoms with van der Waals surface area (Å²) in [6, 6.07) is 3.66. The largest absolute Gasteiger partial charge is 0.356 e. The number of unbranched alkanes of at least 4 members (excludes halogenated alkanes) is 1. The number of hydrogen-bond donors (Lipinski definition) is 0. The lowest BCUT2D eigenvalue weighted by atomic mass is 10.1. The fourth-order valence-electron chi connectivity index (χ4n) is 1.69. The average molecular weight is 220 g/mol. The maximum Gasteiger partial charge on any atom is 0.163 e. The average Bonchev–Trinajstić information content (AvgIpc) is 2.30. The number of rotatable bonds is 6. The van der Waals surface area contributed by atoms with Gasteiger partial charge in [-0.2, -0.15) is 0 Å². The van der Waals surface area contributed by atoms with E-state index in [1.807, 2.05) is 12.1 Å². The predicted molar refractivity (Wildman–Crippen MR) is 67.0 cm³/mol. The highest BCUT2D eigenvalue weighted by molar-refractivity contribution is 5.98. The van der Waals surface area contributed by atoms with E-state index in [1.165, 1.54) is 0 Å². The van der Waals surface area contributed by atoms with Crippen LogP contribution in [-0.4, -0.2) is 23.9 Å². The Hall–Kier alpha value is -1.38. The predicted octanol–water partition coefficient (Wildman–Crippen LogP) is 2.91. The van der Waals surface area contributed by atoms with E-state index in [4.69, 9.17) is 0 Å². The smallest absolute Gasteiger partial charge is 0.163 e. The zero-order valence-corrected chi connectivity index (χ0v) is 10.4. The first kappa shape index (κ1) is 12.7. The minimum atomic E-state index is 0.0815. The second kappa shape index (κ2) is 6.26. The van der Waals surface area contributed by atoms with Crippen molar-refractivity contribution in [3.63, 3.8) is 0 Å². The molecule has 0 bridgehead atoms. The van der Waals surface area contributed by atoms with E-state index in [0.717, 1.165) is 37.3 Å². The van der Waals surface area contributed by atoms with Crippen LogP contribution in [0.5, 0.6) is 0 Å². The molecule has 1 aromatic rings. The molecule has 0 radical (unpaired) electrons. The summed E-state index contributed by atoms with van der Waals surface area (Å²) in [5, 5.41) is 0. The molecule has 0 atom stereocenters. The molecule has 0 aliphatic carbocycles. The molecule has 1 rings (SSSR count). The van der Waals surface area contributed by atoms with Crippen LogP contribution in [0.4, 0.5) is 5.82 Å². The molecule has 1 aromatic heterocycles. The minimum Gasteiger partial charge on any atom is -0.356 e. The highest BCUT2D eigenvalue weighted by atomic mass is 16.1. The third-order valence-electron chi connectivity index (χ3n) is 2.63. The Morgan fingerprint density at radius 2 is 2.19 bits per heavy atom. The molecule has 3 nitrogen and oxygen atoms in total. The molecule has 0 aliphatic rings. The molecule has 0 N–H and O–H groups in total. The number of carbonyl (C=O) groups is 1. The lowest BCUT2D eigenvalue weighted by Gasteiger charge is -2.23. The van der Waals surface area contributed by atoms with Gasteiger partial charge in [0.2, 0.25) is 0 Å². The van der Waals surface area contributed by atoms with Crippen molar-refractivity contribution in [2.75, 3.05) is 18.0 Å². The van der Waals surface area contributed by atoms with E-state index in [9.17, 15) is 4.79 Å². The molecular formula is C13H20N2O. The summed E-state index contributed by atoms with van der Waals surface area (Å²) >= 11 is 0. The van der Waals surface area contributed by atoms with Crippen LogP contribution in [0.25, 0.3) is 0 Å². The maximum atomic E-state index is 11.5. The minimum absolute atomic E-state index is 0.0815. The number of Topliss-reactive ketones (excluding diaryl/α,β-unsaturated/α-hetero) is 1. The molecule has 0 aromatic carbocycles. The molecule has 0 fully saturated rings. The lowest BCUT2D eigenvalue weighted by Crippen LogP contribution is -2.26. The van der Waals surface area contributed by atoms with Crippen LogP contribution in [0.2, 0.25) is 0 Å². The van der Waals surface area contributed by atoms with Gasteiger partial charge in [-0.25, -0.2) is 4.98 Å². The van der Waals surface area contributed by atoms with Crippen LogP contribution in [0, 0.1) is 0 Å². The van der Waals surface area contributed by atoms with Crippen molar-refractivity contribution in [3.8, 4) is 0 Å². The lowest BCUT2D eigenvalue weighted by molar-refractivity contribution is 0.101. The van der Waals surface area contributed by atoms with E-state index in [2.05, 4.69) is 23.7 Å². The summed E-state index contributed by atoms with van der Waals surface area (Å²) in [5.74, 6) is 0.906. The van der Waals surface area contributed by atoms with Gasteiger partial charge in [-0.3, -0.25) is 4.79 Å². The standard InChI is InChI=1S/C13H20N2O/c1-4-6-10-15(5-2)13-12(11(3)16)8-7-9-14-13/h7-9H,4-6,10H2,1-3H3. The van der Waals surface area contributed by atoms with Gasteiger partial charge in [0.1, 0.15) is 5.82 Å². The molecule has 16 heavy (non-hydrogen) atoms. The summed E-state index contributed by atoms with van der Waals surface area (Å²) < 4.78 is 0. The number of carbonyl (C=O) groups excluding carboxylic acids is 1. The number of nitrogens with zero attached hydrogens (tertiary/aromatic N) is 2. The highest BCUT2D eigenvalue weighted by Gasteiger charge is 2.13. The van der Waals surface area contributed by atoms with Gasteiger partial charge in [0, 0.05) is 19.3 Å². The molecule has 0 aliphatic heterocycles. The zero-order chi connectivity index (χ0) is 12.0. The van der Waals surface area contributed by atoms with Gasteiger partial charge in [0.05, 0.1) is 5.56 Å². The van der Waals surface area contributed by atoms with Gasteiger partial charge >= 0.3 is 0 Å². The number of hydrogen-bond acceptors (Lipinski definition) is 3. The summed E-state index contributed by atoms with van der Waals surface area (Å²) in [5.41, 5.74) is 0.723. The molecule has 0 amide bonds. The molecule has 88 valence electrons. The van der Waals surface area contributed by atoms with Crippen LogP contribution in [0.1, 0.15) is 44.0 Å². The SMILES string of the molecule is CCCCN(CC)c1ncccc1C(C)=O. The zero-order valence-electron chi connectivity index (χ0n) is 10.4. The van der Waals surface area contributed by atoms with Gasteiger partial charge < -0.3 is 4.90 Å². The van der Waals surface area contributed by atoms with Gasteiger partial charge in [-0.05, 0) is 32.4 Å². The van der Waals surface area contributed by atoms with E-state index < -0.39 is 0 Å². The second-order valence-corrected chi connectivity index (χ2v) is 3.86. The first-order valence-electron chi connectivity index (χ1n) is 5.91. The van der Waals surface area contributed by atoms with Crippen molar-refractivity contribution in [1.82, 2.24) is 4.98 Å². The molecule has 0 saturated carbocycles. The first-order valence-corrected chi connectivity index (χ1v) is 5.91. The Morgan fingerprint density at radius 1 is 1.44 bits per heavy atom. The topological polar surface area (TPSA) is 33.2 Å². The van der Waals surface area contributed by atoms with E-state index in [1.54, 1.807) is 13.1 Å². The van der Waals surface area contributed by atoms with Gasteiger partial charge in [0.25, 0.3) is 0 Å². The fraction of sp³-hybridized carbons (Fsp3) is 0.538. The van der Waals surface area contributed by atoms with Crippen molar-refractivity contribution in [2.45, 2.75) is 33.6 Å². The van der Waals surface area contributed by atoms with Crippen molar-refractivity contribution in [2.24, 2.45) is 0 Å². The summed E-state index contributed by atoms with van der Waals surface area (Å²) in [7, 11) is 0. The summed E-state index contributed by atoms with van der Waals surface area (Å²) in [6.45, 7) is 7.70. The first-order chi connectivity index (χ1) is 7.70. The van der Waals surface area contributed by atoms with Crippen molar-refractivity contribution in [3.05, 3.63) is 23.9 Å². The monoisotopic (exact) mass is 220 g/mol. The van der Waals surface area contributed by atoms with Crippen LogP contribution < -0.4 is 4.90 Å². The third kappa shape index (κ3) is 3.05. The normalized spacial score (nSPS) is 10.2. The van der Waals surface area contributed by atoms with Crippen LogP contribution >= 0.6 is 0 Å². The van der Waals surface area contributed by atoms with Crippen molar-refractivity contribution >= 4 is 11.6 Å². The number of pyridine rings is 1. The van der Waals surface area contributed by atoms with Crippen molar-refractivity contribution in [1.29, 1.82) is 0 Å². The molecule has 0 unspecified atom stereocenters. The van der Waals surface area contributed by atoms with E-state index in [-0.39, 0.29) is 5.78 Å². The Labute approximate surface area is 97.5 Å². The summed E-state index contributed by atoms with van der Waals surface area (Å²) in [6.07, 6.45) is 4.02. The van der Waals surface area contributed by atoms with E-state index in [0.29, 0.717) is 0 Å². The maximum absolute atomic E-state index is 11.5. The number of aromatic nitrogens is 1. The second-order valence-electron chi connectivity index (χ2n) is 3.86. The molecule has 3 heteroatoms. The summed E-state index contributed by atoms with van der Waals surface area (Å²) in [4.78, 5) is 18.0. The quantitative estimate of drug-likeness (QED) is 0.691. The number of ketones is 1. The molecular weight excluding hydrogens is 200 g/mol. The Morgan fingerprint density at radius 3 is 2.75 bits per heavy atom. The Balaban J connectivity index is 2.94. The molecule has 0 spiro atoms. The van der Waals surface area contributed by atoms with Crippen LogP contribution in [0.3, 0.4) is 0 Å². The highest BCUT2D eigenvalue weighted by Crippen LogP contribution is 2.17. The Kier molecular flexibility index (Phi) is 4.96. The molecule has 1 heterocycles. The fourth-order valence-corrected chi connectivity index (χ4v) is 1.69. The van der Waals surface area contributed by atoms with Crippen LogP contribution in [0.15, 0.2) is 18.3 Å². The van der Waals surface area contributed by atoms with Gasteiger partial charge in [0.15, 0.2) is 5.78 Å². The van der Waals surface area contributed by atoms with E-state index >= 15 is 0 Å².